The third kappa shape index (κ3) is 4.01. The van der Waals surface area contributed by atoms with E-state index < -0.39 is 24.5 Å². The Morgan fingerprint density at radius 1 is 1.22 bits per heavy atom. The second-order valence-corrected chi connectivity index (χ2v) is 5.64. The Bertz CT molecular complexity index is 925. The molecule has 0 aliphatic carbocycles. The number of pyridine rings is 1. The van der Waals surface area contributed by atoms with Crippen molar-refractivity contribution in [2.24, 2.45) is 0 Å². The number of nitrogens with one attached hydrogen (secondary N) is 1. The molecular formula is C19H18N4O4. The number of carbonyl (C=O) groups is 2. The molecule has 0 bridgehead atoms. The quantitative estimate of drug-likeness (QED) is 0.635. The van der Waals surface area contributed by atoms with Gasteiger partial charge in [-0.1, -0.05) is 18.2 Å². The van der Waals surface area contributed by atoms with Crippen LogP contribution in [0.5, 0.6) is 0 Å². The molecule has 0 saturated heterocycles. The van der Waals surface area contributed by atoms with Crippen molar-refractivity contribution < 1.29 is 19.4 Å². The predicted molar refractivity (Wildman–Crippen MR) is 97.2 cm³/mol. The normalized spacial score (nSPS) is 11.6. The second-order valence-electron chi connectivity index (χ2n) is 5.64. The van der Waals surface area contributed by atoms with Crippen LogP contribution in [0, 0.1) is 0 Å². The van der Waals surface area contributed by atoms with Crippen molar-refractivity contribution in [3.8, 4) is 16.9 Å². The molecule has 0 fully saturated rings. The van der Waals surface area contributed by atoms with Crippen LogP contribution in [0.4, 0.5) is 0 Å². The second kappa shape index (κ2) is 8.24. The zero-order chi connectivity index (χ0) is 19.2. The summed E-state index contributed by atoms with van der Waals surface area (Å²) >= 11 is 0. The summed E-state index contributed by atoms with van der Waals surface area (Å²) in [6, 6.07) is 11.7. The molecule has 0 spiro atoms. The molecule has 0 aliphatic heterocycles. The monoisotopic (exact) mass is 366 g/mol. The first-order valence-corrected chi connectivity index (χ1v) is 8.19. The molecule has 8 nitrogen and oxygen atoms in total. The zero-order valence-corrected chi connectivity index (χ0v) is 14.6. The van der Waals surface area contributed by atoms with Crippen molar-refractivity contribution in [2.75, 3.05) is 13.7 Å². The number of aliphatic hydroxyl groups excluding tert-OH is 1. The number of nitrogens with zero attached hydrogens (tertiary/aromatic N) is 3. The molecule has 1 aromatic carbocycles. The Morgan fingerprint density at radius 3 is 2.63 bits per heavy atom. The van der Waals surface area contributed by atoms with E-state index in [2.05, 4.69) is 20.1 Å². The predicted octanol–water partition coefficient (Wildman–Crippen LogP) is 1.20. The van der Waals surface area contributed by atoms with Gasteiger partial charge < -0.3 is 15.2 Å². The summed E-state index contributed by atoms with van der Waals surface area (Å²) in [5.41, 5.74) is 2.07. The van der Waals surface area contributed by atoms with Gasteiger partial charge in [-0.3, -0.25) is 9.78 Å². The molecule has 3 aromatic rings. The van der Waals surface area contributed by atoms with Crippen LogP contribution in [0.1, 0.15) is 10.4 Å². The van der Waals surface area contributed by atoms with E-state index in [-0.39, 0.29) is 5.56 Å². The molecule has 2 heterocycles. The van der Waals surface area contributed by atoms with Crippen molar-refractivity contribution in [1.82, 2.24) is 20.1 Å². The summed E-state index contributed by atoms with van der Waals surface area (Å²) in [5, 5.41) is 16.3. The maximum absolute atomic E-state index is 12.8. The van der Waals surface area contributed by atoms with Crippen LogP contribution in [0.3, 0.4) is 0 Å². The fourth-order valence-electron chi connectivity index (χ4n) is 2.53. The Balaban J connectivity index is 2.01. The maximum Gasteiger partial charge on any atom is 0.330 e. The highest BCUT2D eigenvalue weighted by molar-refractivity contribution is 6.01. The van der Waals surface area contributed by atoms with Gasteiger partial charge in [-0.05, 0) is 24.3 Å². The fourth-order valence-corrected chi connectivity index (χ4v) is 2.53. The summed E-state index contributed by atoms with van der Waals surface area (Å²) in [6.45, 7) is -0.576. The summed E-state index contributed by atoms with van der Waals surface area (Å²) in [6.07, 6.45) is 4.79. The van der Waals surface area contributed by atoms with Gasteiger partial charge >= 0.3 is 5.97 Å². The minimum Gasteiger partial charge on any atom is -0.467 e. The minimum atomic E-state index is -1.16. The third-order valence-corrected chi connectivity index (χ3v) is 3.89. The summed E-state index contributed by atoms with van der Waals surface area (Å²) in [4.78, 5) is 28.5. The molecule has 2 aromatic heterocycles. The highest BCUT2D eigenvalue weighted by Crippen LogP contribution is 2.23. The Labute approximate surface area is 155 Å². The van der Waals surface area contributed by atoms with Gasteiger partial charge in [-0.2, -0.15) is 5.10 Å². The maximum atomic E-state index is 12.8. The lowest BCUT2D eigenvalue weighted by atomic mass is 10.1. The standard InChI is InChI=1S/C19H18N4O4/c1-27-19(26)16(12-24)21-18(25)15-11-23(14-7-3-2-4-8-14)22-17(15)13-6-5-9-20-10-13/h2-11,16,24H,12H2,1H3,(H,21,25)/t16-/m1/s1. The number of hydrogen-bond acceptors (Lipinski definition) is 6. The number of methoxy groups -OCH3 is 1. The van der Waals surface area contributed by atoms with Crippen LogP contribution in [0.2, 0.25) is 0 Å². The number of carbonyl (C=O) groups excluding carboxylic acids is 2. The highest BCUT2D eigenvalue weighted by atomic mass is 16.5. The van der Waals surface area contributed by atoms with Crippen molar-refractivity contribution >= 4 is 11.9 Å². The van der Waals surface area contributed by atoms with Crippen LogP contribution in [0.25, 0.3) is 16.9 Å². The number of aromatic nitrogens is 3. The van der Waals surface area contributed by atoms with Crippen LogP contribution < -0.4 is 5.32 Å². The smallest absolute Gasteiger partial charge is 0.330 e. The molecule has 0 unspecified atom stereocenters. The first kappa shape index (κ1) is 18.3. The lowest BCUT2D eigenvalue weighted by Gasteiger charge is -2.13. The molecular weight excluding hydrogens is 348 g/mol. The van der Waals surface area contributed by atoms with Crippen LogP contribution in [0.15, 0.2) is 61.1 Å². The Morgan fingerprint density at radius 2 is 2.00 bits per heavy atom. The summed E-state index contributed by atoms with van der Waals surface area (Å²) in [5.74, 6) is -1.29. The summed E-state index contributed by atoms with van der Waals surface area (Å²) in [7, 11) is 1.19. The molecule has 0 aliphatic rings. The van der Waals surface area contributed by atoms with Gasteiger partial charge in [-0.25, -0.2) is 9.48 Å². The lowest BCUT2D eigenvalue weighted by Crippen LogP contribution is -2.44. The molecule has 1 atom stereocenters. The number of para-hydroxylation sites is 1. The molecule has 0 saturated carbocycles. The van der Waals surface area contributed by atoms with Crippen molar-refractivity contribution in [3.05, 3.63) is 66.6 Å². The topological polar surface area (TPSA) is 106 Å². The van der Waals surface area contributed by atoms with Gasteiger partial charge in [-0.15, -0.1) is 0 Å². The van der Waals surface area contributed by atoms with Crippen molar-refractivity contribution in [2.45, 2.75) is 6.04 Å². The number of aliphatic hydroxyl groups is 1. The number of benzene rings is 1. The van der Waals surface area contributed by atoms with Crippen LogP contribution in [-0.2, 0) is 9.53 Å². The van der Waals surface area contributed by atoms with Gasteiger partial charge in [0, 0.05) is 24.2 Å². The fraction of sp³-hybridized carbons (Fsp3) is 0.158. The molecule has 27 heavy (non-hydrogen) atoms. The van der Waals surface area contributed by atoms with Gasteiger partial charge in [0.25, 0.3) is 5.91 Å². The van der Waals surface area contributed by atoms with Gasteiger partial charge in [0.15, 0.2) is 6.04 Å². The van der Waals surface area contributed by atoms with Gasteiger partial charge in [0.2, 0.25) is 0 Å². The van der Waals surface area contributed by atoms with Gasteiger partial charge in [0.05, 0.1) is 25.0 Å². The summed E-state index contributed by atoms with van der Waals surface area (Å²) < 4.78 is 6.16. The van der Waals surface area contributed by atoms with E-state index in [1.165, 1.54) is 7.11 Å². The van der Waals surface area contributed by atoms with E-state index in [9.17, 15) is 14.7 Å². The van der Waals surface area contributed by atoms with E-state index in [0.717, 1.165) is 5.69 Å². The van der Waals surface area contributed by atoms with E-state index in [0.29, 0.717) is 11.3 Å². The molecule has 138 valence electrons. The molecule has 1 amide bonds. The van der Waals surface area contributed by atoms with E-state index in [4.69, 9.17) is 0 Å². The molecule has 2 N–H and O–H groups in total. The van der Waals surface area contributed by atoms with Gasteiger partial charge in [0.1, 0.15) is 5.69 Å². The molecule has 0 radical (unpaired) electrons. The zero-order valence-electron chi connectivity index (χ0n) is 14.6. The van der Waals surface area contributed by atoms with E-state index in [1.54, 1.807) is 35.4 Å². The average Bonchev–Trinajstić information content (AvgIpc) is 3.18. The van der Waals surface area contributed by atoms with Crippen LogP contribution >= 0.6 is 0 Å². The number of amides is 1. The molecule has 8 heteroatoms. The van der Waals surface area contributed by atoms with Crippen LogP contribution in [-0.4, -0.2) is 51.5 Å². The van der Waals surface area contributed by atoms with E-state index >= 15 is 0 Å². The highest BCUT2D eigenvalue weighted by Gasteiger charge is 2.25. The number of rotatable bonds is 6. The largest absolute Gasteiger partial charge is 0.467 e. The third-order valence-electron chi connectivity index (χ3n) is 3.89. The van der Waals surface area contributed by atoms with E-state index in [1.807, 2.05) is 30.3 Å². The van der Waals surface area contributed by atoms with Crippen molar-refractivity contribution in [1.29, 1.82) is 0 Å². The first-order valence-electron chi connectivity index (χ1n) is 8.19. The molecule has 3 rings (SSSR count). The lowest BCUT2D eigenvalue weighted by molar-refractivity contribution is -0.143. The average molecular weight is 366 g/mol. The Kier molecular flexibility index (Phi) is 5.58. The SMILES string of the molecule is COC(=O)[C@@H](CO)NC(=O)c1cn(-c2ccccc2)nc1-c1cccnc1. The van der Waals surface area contributed by atoms with Crippen molar-refractivity contribution in [3.63, 3.8) is 0 Å². The number of hydrogen-bond donors (Lipinski definition) is 2. The number of esters is 1. The first-order chi connectivity index (χ1) is 13.1. The minimum absolute atomic E-state index is 0.245. The Hall–Kier alpha value is -3.52. The number of ether oxygens (including phenoxy) is 1.